The molecule has 4 heteroatoms. The summed E-state index contributed by atoms with van der Waals surface area (Å²) in [6.45, 7) is 2.06. The van der Waals surface area contributed by atoms with Gasteiger partial charge in [-0.1, -0.05) is 19.8 Å². The first-order valence-electron chi connectivity index (χ1n) is 6.70. The molecule has 0 unspecified atom stereocenters. The van der Waals surface area contributed by atoms with Crippen LogP contribution in [0.3, 0.4) is 0 Å². The van der Waals surface area contributed by atoms with Crippen LogP contribution in [0, 0.1) is 0 Å². The fraction of sp³-hybridized carbons (Fsp3) is 0.769. The lowest BCUT2D eigenvalue weighted by Crippen LogP contribution is -2.17. The first-order valence-corrected chi connectivity index (χ1v) is 6.70. The summed E-state index contributed by atoms with van der Waals surface area (Å²) in [6.07, 6.45) is 8.67. The Hall–Kier alpha value is -1.19. The Morgan fingerprint density at radius 1 is 1.29 bits per heavy atom. The third-order valence-corrected chi connectivity index (χ3v) is 3.52. The van der Waals surface area contributed by atoms with Gasteiger partial charge in [0.15, 0.2) is 0 Å². The van der Waals surface area contributed by atoms with Crippen molar-refractivity contribution in [3.63, 3.8) is 0 Å². The van der Waals surface area contributed by atoms with Gasteiger partial charge >= 0.3 is 0 Å². The number of aromatic nitrogens is 2. The van der Waals surface area contributed by atoms with Gasteiger partial charge in [-0.25, -0.2) is 4.68 Å². The summed E-state index contributed by atoms with van der Waals surface area (Å²) in [5.41, 5.74) is 7.72. The highest BCUT2D eigenvalue weighted by atomic mass is 16.5. The Balaban J connectivity index is 2.09. The van der Waals surface area contributed by atoms with E-state index >= 15 is 0 Å². The molecule has 0 amide bonds. The quantitative estimate of drug-likeness (QED) is 0.822. The van der Waals surface area contributed by atoms with Gasteiger partial charge in [-0.3, -0.25) is 0 Å². The molecule has 0 saturated heterocycles. The van der Waals surface area contributed by atoms with Crippen LogP contribution in [0.2, 0.25) is 0 Å². The van der Waals surface area contributed by atoms with Crippen LogP contribution in [-0.4, -0.2) is 15.9 Å². The van der Waals surface area contributed by atoms with E-state index in [0.717, 1.165) is 36.5 Å². The zero-order valence-electron chi connectivity index (χ0n) is 10.9. The maximum absolute atomic E-state index is 6.06. The first kappa shape index (κ1) is 12.3. The van der Waals surface area contributed by atoms with Gasteiger partial charge in [-0.05, 0) is 32.1 Å². The smallest absolute Gasteiger partial charge is 0.236 e. The van der Waals surface area contributed by atoms with Crippen molar-refractivity contribution in [2.24, 2.45) is 7.05 Å². The van der Waals surface area contributed by atoms with E-state index in [1.807, 2.05) is 7.05 Å². The van der Waals surface area contributed by atoms with Crippen molar-refractivity contribution < 1.29 is 4.74 Å². The summed E-state index contributed by atoms with van der Waals surface area (Å²) in [4.78, 5) is 0. The fourth-order valence-corrected chi connectivity index (χ4v) is 2.50. The molecule has 4 nitrogen and oxygen atoms in total. The summed E-state index contributed by atoms with van der Waals surface area (Å²) in [6, 6.07) is 0. The Morgan fingerprint density at radius 3 is 2.47 bits per heavy atom. The minimum Gasteiger partial charge on any atom is -0.473 e. The van der Waals surface area contributed by atoms with Crippen molar-refractivity contribution in [3.05, 3.63) is 5.69 Å². The number of ether oxygens (including phenoxy) is 1. The van der Waals surface area contributed by atoms with Crippen LogP contribution in [0.5, 0.6) is 5.88 Å². The average Bonchev–Trinajstić information content (AvgIpc) is 2.53. The van der Waals surface area contributed by atoms with E-state index in [1.54, 1.807) is 4.68 Å². The van der Waals surface area contributed by atoms with Crippen LogP contribution >= 0.6 is 0 Å². The largest absolute Gasteiger partial charge is 0.473 e. The second-order valence-corrected chi connectivity index (χ2v) is 4.87. The lowest BCUT2D eigenvalue weighted by Gasteiger charge is -2.17. The van der Waals surface area contributed by atoms with E-state index in [9.17, 15) is 0 Å². The van der Waals surface area contributed by atoms with Crippen molar-refractivity contribution in [2.75, 3.05) is 5.73 Å². The van der Waals surface area contributed by atoms with Crippen LogP contribution in [0.25, 0.3) is 0 Å². The molecule has 2 rings (SSSR count). The lowest BCUT2D eigenvalue weighted by atomic mass is 10.1. The second-order valence-electron chi connectivity index (χ2n) is 4.87. The van der Waals surface area contributed by atoms with E-state index < -0.39 is 0 Å². The van der Waals surface area contributed by atoms with E-state index in [1.165, 1.54) is 25.7 Å². The van der Waals surface area contributed by atoms with E-state index in [0.29, 0.717) is 6.10 Å². The number of hydrogen-bond acceptors (Lipinski definition) is 3. The number of rotatable bonds is 3. The molecule has 0 radical (unpaired) electrons. The maximum atomic E-state index is 6.06. The highest BCUT2D eigenvalue weighted by Crippen LogP contribution is 2.29. The van der Waals surface area contributed by atoms with Gasteiger partial charge in [-0.15, -0.1) is 0 Å². The number of nitrogens with two attached hydrogens (primary N) is 1. The molecule has 1 aliphatic carbocycles. The molecule has 0 aliphatic heterocycles. The summed E-state index contributed by atoms with van der Waals surface area (Å²) in [5.74, 6) is 0.758. The second kappa shape index (κ2) is 5.43. The summed E-state index contributed by atoms with van der Waals surface area (Å²) < 4.78 is 7.83. The van der Waals surface area contributed by atoms with Gasteiger partial charge in [0.25, 0.3) is 0 Å². The third-order valence-electron chi connectivity index (χ3n) is 3.52. The molecule has 0 atom stereocenters. The van der Waals surface area contributed by atoms with E-state index in [4.69, 9.17) is 10.5 Å². The molecular formula is C13H23N3O. The Kier molecular flexibility index (Phi) is 3.92. The van der Waals surface area contributed by atoms with Crippen molar-refractivity contribution in [2.45, 2.75) is 58.0 Å². The van der Waals surface area contributed by atoms with Gasteiger partial charge in [-0.2, -0.15) is 5.10 Å². The number of hydrogen-bond donors (Lipinski definition) is 1. The Bertz CT molecular complexity index is 365. The molecule has 1 saturated carbocycles. The molecule has 96 valence electrons. The summed E-state index contributed by atoms with van der Waals surface area (Å²) in [5, 5.41) is 4.38. The molecule has 1 fully saturated rings. The average molecular weight is 237 g/mol. The van der Waals surface area contributed by atoms with Crippen LogP contribution in [-0.2, 0) is 13.5 Å². The number of nitrogen functional groups attached to an aromatic ring is 1. The number of aryl methyl sites for hydroxylation is 2. The van der Waals surface area contributed by atoms with E-state index in [-0.39, 0.29) is 0 Å². The van der Waals surface area contributed by atoms with Gasteiger partial charge in [0, 0.05) is 7.05 Å². The highest BCUT2D eigenvalue weighted by molar-refractivity contribution is 5.53. The molecule has 17 heavy (non-hydrogen) atoms. The molecule has 0 aromatic carbocycles. The van der Waals surface area contributed by atoms with Gasteiger partial charge in [0.05, 0.1) is 5.69 Å². The van der Waals surface area contributed by atoms with Gasteiger partial charge < -0.3 is 10.5 Å². The lowest BCUT2D eigenvalue weighted by molar-refractivity contribution is 0.169. The van der Waals surface area contributed by atoms with Gasteiger partial charge in [0.2, 0.25) is 5.88 Å². The predicted octanol–water partition coefficient (Wildman–Crippen LogP) is 2.67. The molecule has 1 heterocycles. The normalized spacial score (nSPS) is 18.0. The first-order chi connectivity index (χ1) is 8.22. The van der Waals surface area contributed by atoms with E-state index in [2.05, 4.69) is 12.0 Å². The Labute approximate surface area is 103 Å². The van der Waals surface area contributed by atoms with Crippen molar-refractivity contribution in [3.8, 4) is 5.88 Å². The van der Waals surface area contributed by atoms with Crippen molar-refractivity contribution >= 4 is 5.69 Å². The monoisotopic (exact) mass is 237 g/mol. The molecule has 1 aliphatic rings. The van der Waals surface area contributed by atoms with Crippen LogP contribution in [0.15, 0.2) is 0 Å². The molecular weight excluding hydrogens is 214 g/mol. The van der Waals surface area contributed by atoms with Crippen LogP contribution in [0.4, 0.5) is 5.69 Å². The minimum absolute atomic E-state index is 0.319. The summed E-state index contributed by atoms with van der Waals surface area (Å²) >= 11 is 0. The number of anilines is 1. The predicted molar refractivity (Wildman–Crippen MR) is 69.1 cm³/mol. The standard InChI is InChI=1S/C13H23N3O/c1-3-11-12(14)13(16(2)15-11)17-10-8-6-4-5-7-9-10/h10H,3-9,14H2,1-2H3. The molecule has 1 aromatic heterocycles. The molecule has 2 N–H and O–H groups in total. The van der Waals surface area contributed by atoms with Crippen LogP contribution in [0.1, 0.15) is 51.1 Å². The zero-order chi connectivity index (χ0) is 12.3. The molecule has 0 bridgehead atoms. The molecule has 1 aromatic rings. The van der Waals surface area contributed by atoms with Gasteiger partial charge in [0.1, 0.15) is 11.8 Å². The third kappa shape index (κ3) is 2.73. The summed E-state index contributed by atoms with van der Waals surface area (Å²) in [7, 11) is 1.90. The highest BCUT2D eigenvalue weighted by Gasteiger charge is 2.19. The fourth-order valence-electron chi connectivity index (χ4n) is 2.50. The zero-order valence-corrected chi connectivity index (χ0v) is 10.9. The minimum atomic E-state index is 0.319. The van der Waals surface area contributed by atoms with Crippen molar-refractivity contribution in [1.29, 1.82) is 0 Å². The Morgan fingerprint density at radius 2 is 1.94 bits per heavy atom. The topological polar surface area (TPSA) is 53.1 Å². The number of nitrogens with zero attached hydrogens (tertiary/aromatic N) is 2. The molecule has 0 spiro atoms. The maximum Gasteiger partial charge on any atom is 0.236 e. The van der Waals surface area contributed by atoms with Crippen LogP contribution < -0.4 is 10.5 Å². The SMILES string of the molecule is CCc1nn(C)c(OC2CCCCCC2)c1N. The van der Waals surface area contributed by atoms with Crippen molar-refractivity contribution in [1.82, 2.24) is 9.78 Å².